The minimum absolute atomic E-state index is 0.281. The van der Waals surface area contributed by atoms with Crippen molar-refractivity contribution in [1.82, 2.24) is 19.3 Å². The van der Waals surface area contributed by atoms with Crippen molar-refractivity contribution in [2.75, 3.05) is 43.0 Å². The van der Waals surface area contributed by atoms with E-state index in [1.54, 1.807) is 30.5 Å². The first kappa shape index (κ1) is 23.9. The Morgan fingerprint density at radius 2 is 1.71 bits per heavy atom. The molecule has 0 unspecified atom stereocenters. The number of anilines is 3. The lowest BCUT2D eigenvalue weighted by atomic mass is 10.3. The summed E-state index contributed by atoms with van der Waals surface area (Å²) in [5.41, 5.74) is 1.10. The number of hydrogen-bond acceptors (Lipinski definition) is 8. The van der Waals surface area contributed by atoms with Gasteiger partial charge in [-0.15, -0.1) is 0 Å². The van der Waals surface area contributed by atoms with Crippen LogP contribution in [-0.2, 0) is 10.0 Å². The van der Waals surface area contributed by atoms with Crippen LogP contribution in [0.3, 0.4) is 0 Å². The Kier molecular flexibility index (Phi) is 7.59. The van der Waals surface area contributed by atoms with E-state index in [1.165, 1.54) is 10.6 Å². The number of unbranched alkanes of at least 4 members (excludes halogenated alkanes) is 1. The van der Waals surface area contributed by atoms with Gasteiger partial charge < -0.3 is 15.0 Å². The zero-order chi connectivity index (χ0) is 24.0. The van der Waals surface area contributed by atoms with Crippen molar-refractivity contribution >= 4 is 27.5 Å². The van der Waals surface area contributed by atoms with Gasteiger partial charge in [0.1, 0.15) is 29.5 Å². The summed E-state index contributed by atoms with van der Waals surface area (Å²) in [7, 11) is -3.56. The van der Waals surface area contributed by atoms with Crippen LogP contribution in [0.25, 0.3) is 0 Å². The molecule has 2 aromatic heterocycles. The Morgan fingerprint density at radius 3 is 2.41 bits per heavy atom. The van der Waals surface area contributed by atoms with Crippen LogP contribution in [0, 0.1) is 6.92 Å². The van der Waals surface area contributed by atoms with Gasteiger partial charge in [0.25, 0.3) is 0 Å². The van der Waals surface area contributed by atoms with Crippen LogP contribution in [0.4, 0.5) is 17.5 Å². The van der Waals surface area contributed by atoms with Crippen LogP contribution < -0.4 is 15.0 Å². The van der Waals surface area contributed by atoms with Crippen LogP contribution in [-0.4, -0.2) is 60.5 Å². The minimum Gasteiger partial charge on any atom is -0.494 e. The first-order valence-corrected chi connectivity index (χ1v) is 12.9. The summed E-state index contributed by atoms with van der Waals surface area (Å²) in [5, 5.41) is 3.19. The quantitative estimate of drug-likeness (QED) is 0.462. The van der Waals surface area contributed by atoms with E-state index in [-0.39, 0.29) is 4.90 Å². The van der Waals surface area contributed by atoms with Gasteiger partial charge in [0.05, 0.1) is 11.5 Å². The molecular weight excluding hydrogens is 452 g/mol. The maximum Gasteiger partial charge on any atom is 0.243 e. The number of piperazine rings is 1. The highest BCUT2D eigenvalue weighted by Gasteiger charge is 2.29. The molecule has 0 aliphatic carbocycles. The van der Waals surface area contributed by atoms with Gasteiger partial charge in [-0.1, -0.05) is 13.3 Å². The molecule has 1 aromatic carbocycles. The Hall–Kier alpha value is -3.24. The lowest BCUT2D eigenvalue weighted by Gasteiger charge is -2.34. The second-order valence-corrected chi connectivity index (χ2v) is 10.1. The molecule has 0 radical (unpaired) electrons. The van der Waals surface area contributed by atoms with Crippen molar-refractivity contribution in [3.8, 4) is 5.75 Å². The van der Waals surface area contributed by atoms with Crippen molar-refractivity contribution in [2.24, 2.45) is 0 Å². The molecular formula is C24H30N6O3S. The van der Waals surface area contributed by atoms with Crippen LogP contribution >= 0.6 is 0 Å². The van der Waals surface area contributed by atoms with Crippen LogP contribution in [0.1, 0.15) is 25.3 Å². The minimum atomic E-state index is -3.56. The van der Waals surface area contributed by atoms with Crippen molar-refractivity contribution in [3.63, 3.8) is 0 Å². The third kappa shape index (κ3) is 5.81. The second kappa shape index (κ2) is 10.8. The molecule has 34 heavy (non-hydrogen) atoms. The average Bonchev–Trinajstić information content (AvgIpc) is 2.85. The number of nitrogens with one attached hydrogen (secondary N) is 1. The molecule has 0 bridgehead atoms. The Labute approximate surface area is 200 Å². The van der Waals surface area contributed by atoms with Crippen LogP contribution in [0.2, 0.25) is 0 Å². The van der Waals surface area contributed by atoms with Crippen molar-refractivity contribution in [1.29, 1.82) is 0 Å². The number of rotatable bonds is 9. The zero-order valence-corrected chi connectivity index (χ0v) is 20.3. The molecule has 3 aromatic rings. The molecule has 1 fully saturated rings. The van der Waals surface area contributed by atoms with Crippen molar-refractivity contribution < 1.29 is 13.2 Å². The lowest BCUT2D eigenvalue weighted by molar-refractivity contribution is 0.309. The van der Waals surface area contributed by atoms with Gasteiger partial charge in [0.2, 0.25) is 10.0 Å². The Morgan fingerprint density at radius 1 is 0.971 bits per heavy atom. The topological polar surface area (TPSA) is 101 Å². The molecule has 180 valence electrons. The van der Waals surface area contributed by atoms with Crippen molar-refractivity contribution in [3.05, 3.63) is 60.6 Å². The summed E-state index contributed by atoms with van der Waals surface area (Å²) >= 11 is 0. The van der Waals surface area contributed by atoms with Gasteiger partial charge in [-0.25, -0.2) is 23.4 Å². The molecule has 3 heterocycles. The van der Waals surface area contributed by atoms with Crippen LogP contribution in [0.5, 0.6) is 5.75 Å². The van der Waals surface area contributed by atoms with E-state index in [4.69, 9.17) is 4.74 Å². The summed E-state index contributed by atoms with van der Waals surface area (Å²) in [6.45, 7) is 6.57. The van der Waals surface area contributed by atoms with Gasteiger partial charge in [0, 0.05) is 38.4 Å². The fraction of sp³-hybridized carbons (Fsp3) is 0.375. The standard InChI is InChI=1S/C24H30N6O3S/c1-3-4-15-33-20-5-7-21(8-6-20)34(31,32)30-13-11-29(12-14-30)24-17-23(26-18-27-24)28-22-16-19(2)9-10-25-22/h5-10,16-18H,3-4,11-15H2,1-2H3,(H,25,26,27,28). The molecule has 4 rings (SSSR count). The van der Waals surface area contributed by atoms with Crippen LogP contribution in [0.15, 0.2) is 59.9 Å². The van der Waals surface area contributed by atoms with Gasteiger partial charge in [-0.2, -0.15) is 4.31 Å². The molecule has 0 atom stereocenters. The predicted octanol–water partition coefficient (Wildman–Crippen LogP) is 3.61. The highest BCUT2D eigenvalue weighted by Crippen LogP contribution is 2.23. The molecule has 1 aliphatic heterocycles. The van der Waals surface area contributed by atoms with Crippen molar-refractivity contribution in [2.45, 2.75) is 31.6 Å². The number of nitrogens with zero attached hydrogens (tertiary/aromatic N) is 5. The highest BCUT2D eigenvalue weighted by atomic mass is 32.2. The fourth-order valence-electron chi connectivity index (χ4n) is 3.67. The number of aryl methyl sites for hydroxylation is 1. The molecule has 0 saturated carbocycles. The molecule has 9 nitrogen and oxygen atoms in total. The molecule has 0 spiro atoms. The molecule has 0 amide bonds. The summed E-state index contributed by atoms with van der Waals surface area (Å²) in [6, 6.07) is 12.4. The fourth-order valence-corrected chi connectivity index (χ4v) is 5.10. The smallest absolute Gasteiger partial charge is 0.243 e. The van der Waals surface area contributed by atoms with E-state index < -0.39 is 10.0 Å². The molecule has 1 aliphatic rings. The zero-order valence-electron chi connectivity index (χ0n) is 19.5. The van der Waals surface area contributed by atoms with Gasteiger partial charge in [-0.3, -0.25) is 0 Å². The number of aromatic nitrogens is 3. The largest absolute Gasteiger partial charge is 0.494 e. The third-order valence-corrected chi connectivity index (χ3v) is 7.53. The second-order valence-electron chi connectivity index (χ2n) is 8.17. The normalized spacial score (nSPS) is 14.7. The summed E-state index contributed by atoms with van der Waals surface area (Å²) in [5.74, 6) is 2.78. The first-order valence-electron chi connectivity index (χ1n) is 11.5. The number of pyridine rings is 1. The maximum absolute atomic E-state index is 13.1. The van der Waals surface area contributed by atoms with Gasteiger partial charge in [-0.05, 0) is 55.3 Å². The number of hydrogen-bond donors (Lipinski definition) is 1. The van der Waals surface area contributed by atoms with E-state index in [0.29, 0.717) is 50.2 Å². The summed E-state index contributed by atoms with van der Waals surface area (Å²) in [4.78, 5) is 15.3. The molecule has 1 saturated heterocycles. The van der Waals surface area contributed by atoms with E-state index in [0.717, 1.165) is 24.2 Å². The Balaban J connectivity index is 1.37. The average molecular weight is 483 g/mol. The SMILES string of the molecule is CCCCOc1ccc(S(=O)(=O)N2CCN(c3cc(Nc4cc(C)ccn4)ncn3)CC2)cc1. The van der Waals surface area contributed by atoms with E-state index in [1.807, 2.05) is 25.1 Å². The monoisotopic (exact) mass is 482 g/mol. The predicted molar refractivity (Wildman–Crippen MR) is 132 cm³/mol. The van der Waals surface area contributed by atoms with Gasteiger partial charge in [0.15, 0.2) is 0 Å². The number of sulfonamides is 1. The summed E-state index contributed by atoms with van der Waals surface area (Å²) < 4.78 is 33.4. The highest BCUT2D eigenvalue weighted by molar-refractivity contribution is 7.89. The lowest BCUT2D eigenvalue weighted by Crippen LogP contribution is -2.48. The van der Waals surface area contributed by atoms with E-state index >= 15 is 0 Å². The maximum atomic E-state index is 13.1. The van der Waals surface area contributed by atoms with E-state index in [9.17, 15) is 8.42 Å². The molecule has 1 N–H and O–H groups in total. The first-order chi connectivity index (χ1) is 16.5. The Bertz CT molecular complexity index is 1200. The van der Waals surface area contributed by atoms with E-state index in [2.05, 4.69) is 32.1 Å². The number of benzene rings is 1. The number of ether oxygens (including phenoxy) is 1. The molecule has 10 heteroatoms. The third-order valence-electron chi connectivity index (χ3n) is 5.61. The van der Waals surface area contributed by atoms with Gasteiger partial charge >= 0.3 is 0 Å². The summed E-state index contributed by atoms with van der Waals surface area (Å²) in [6.07, 6.45) is 5.26.